The first-order valence-corrected chi connectivity index (χ1v) is 7.32. The Bertz CT molecular complexity index is 439. The van der Waals surface area contributed by atoms with E-state index in [1.165, 1.54) is 30.4 Å². The van der Waals surface area contributed by atoms with E-state index in [0.717, 1.165) is 5.75 Å². The molecule has 1 aromatic carbocycles. The first-order valence-electron chi connectivity index (χ1n) is 7.32. The SMILES string of the molecule is COc1cc(C)ccc1C(C)NC1CCC(C)(C)C1. The number of hydrogen-bond donors (Lipinski definition) is 1. The zero-order chi connectivity index (χ0) is 14.0. The third-order valence-corrected chi connectivity index (χ3v) is 4.31. The van der Waals surface area contributed by atoms with Crippen molar-refractivity contribution in [3.63, 3.8) is 0 Å². The molecule has 0 aromatic heterocycles. The van der Waals surface area contributed by atoms with Crippen molar-refractivity contribution >= 4 is 0 Å². The standard InChI is InChI=1S/C17H27NO/c1-12-6-7-15(16(10-12)19-5)13(2)18-14-8-9-17(3,4)11-14/h6-7,10,13-14,18H,8-9,11H2,1-5H3. The third-order valence-electron chi connectivity index (χ3n) is 4.31. The summed E-state index contributed by atoms with van der Waals surface area (Å²) < 4.78 is 5.51. The molecule has 0 bridgehead atoms. The molecular weight excluding hydrogens is 234 g/mol. The van der Waals surface area contributed by atoms with Crippen LogP contribution in [0.1, 0.15) is 57.2 Å². The van der Waals surface area contributed by atoms with Gasteiger partial charge in [0.1, 0.15) is 5.75 Å². The number of hydrogen-bond acceptors (Lipinski definition) is 2. The fourth-order valence-corrected chi connectivity index (χ4v) is 3.20. The van der Waals surface area contributed by atoms with Crippen molar-refractivity contribution in [1.29, 1.82) is 0 Å². The van der Waals surface area contributed by atoms with Crippen molar-refractivity contribution in [3.05, 3.63) is 29.3 Å². The van der Waals surface area contributed by atoms with Crippen molar-refractivity contribution in [2.75, 3.05) is 7.11 Å². The minimum Gasteiger partial charge on any atom is -0.496 e. The van der Waals surface area contributed by atoms with Crippen LogP contribution in [0.5, 0.6) is 5.75 Å². The molecule has 19 heavy (non-hydrogen) atoms. The van der Waals surface area contributed by atoms with E-state index in [2.05, 4.69) is 51.2 Å². The number of benzene rings is 1. The number of ether oxygens (including phenoxy) is 1. The van der Waals surface area contributed by atoms with Crippen LogP contribution in [0.15, 0.2) is 18.2 Å². The number of aryl methyl sites for hydroxylation is 1. The van der Waals surface area contributed by atoms with E-state index in [1.54, 1.807) is 7.11 Å². The second-order valence-electron chi connectivity index (χ2n) is 6.74. The molecule has 0 aliphatic heterocycles. The maximum Gasteiger partial charge on any atom is 0.123 e. The molecule has 2 heteroatoms. The predicted octanol–water partition coefficient (Wildman–Crippen LogP) is 4.23. The van der Waals surface area contributed by atoms with E-state index in [0.29, 0.717) is 17.5 Å². The van der Waals surface area contributed by atoms with Gasteiger partial charge in [0.15, 0.2) is 0 Å². The lowest BCUT2D eigenvalue weighted by Gasteiger charge is -2.23. The maximum atomic E-state index is 5.51. The molecular formula is C17H27NO. The second kappa shape index (κ2) is 5.54. The molecule has 2 nitrogen and oxygen atoms in total. The van der Waals surface area contributed by atoms with E-state index in [1.807, 2.05) is 0 Å². The summed E-state index contributed by atoms with van der Waals surface area (Å²) in [7, 11) is 1.75. The van der Waals surface area contributed by atoms with Gasteiger partial charge < -0.3 is 10.1 Å². The Morgan fingerprint density at radius 1 is 1.37 bits per heavy atom. The minimum atomic E-state index is 0.342. The lowest BCUT2D eigenvalue weighted by Crippen LogP contribution is -2.30. The third kappa shape index (κ3) is 3.50. The average molecular weight is 261 g/mol. The molecule has 2 unspecified atom stereocenters. The number of nitrogens with one attached hydrogen (secondary N) is 1. The van der Waals surface area contributed by atoms with Crippen molar-refractivity contribution < 1.29 is 4.74 Å². The van der Waals surface area contributed by atoms with E-state index >= 15 is 0 Å². The van der Waals surface area contributed by atoms with Crippen LogP contribution in [-0.4, -0.2) is 13.2 Å². The van der Waals surface area contributed by atoms with Crippen LogP contribution in [0.2, 0.25) is 0 Å². The van der Waals surface area contributed by atoms with Crippen LogP contribution < -0.4 is 10.1 Å². The molecule has 2 rings (SSSR count). The summed E-state index contributed by atoms with van der Waals surface area (Å²) in [6, 6.07) is 7.44. The first-order chi connectivity index (χ1) is 8.91. The molecule has 106 valence electrons. The average Bonchev–Trinajstić information content (AvgIpc) is 2.68. The minimum absolute atomic E-state index is 0.342. The van der Waals surface area contributed by atoms with Gasteiger partial charge in [0.2, 0.25) is 0 Å². The summed E-state index contributed by atoms with van der Waals surface area (Å²) in [4.78, 5) is 0. The highest BCUT2D eigenvalue weighted by Gasteiger charge is 2.31. The molecule has 1 aliphatic carbocycles. The topological polar surface area (TPSA) is 21.3 Å². The molecule has 1 saturated carbocycles. The fourth-order valence-electron chi connectivity index (χ4n) is 3.20. The van der Waals surface area contributed by atoms with Gasteiger partial charge in [-0.05, 0) is 50.2 Å². The molecule has 0 heterocycles. The Kier molecular flexibility index (Phi) is 4.19. The quantitative estimate of drug-likeness (QED) is 0.875. The van der Waals surface area contributed by atoms with Gasteiger partial charge in [0.25, 0.3) is 0 Å². The number of methoxy groups -OCH3 is 1. The monoisotopic (exact) mass is 261 g/mol. The van der Waals surface area contributed by atoms with Crippen LogP contribution in [0.4, 0.5) is 0 Å². The maximum absolute atomic E-state index is 5.51. The van der Waals surface area contributed by atoms with Gasteiger partial charge in [0.05, 0.1) is 7.11 Å². The van der Waals surface area contributed by atoms with Crippen molar-refractivity contribution in [3.8, 4) is 5.75 Å². The Labute approximate surface area is 117 Å². The van der Waals surface area contributed by atoms with Crippen molar-refractivity contribution in [1.82, 2.24) is 5.32 Å². The lowest BCUT2D eigenvalue weighted by atomic mass is 9.91. The van der Waals surface area contributed by atoms with E-state index in [-0.39, 0.29) is 0 Å². The molecule has 0 amide bonds. The Morgan fingerprint density at radius 2 is 2.11 bits per heavy atom. The molecule has 0 spiro atoms. The van der Waals surface area contributed by atoms with Crippen molar-refractivity contribution in [2.45, 2.75) is 59.0 Å². The van der Waals surface area contributed by atoms with E-state index in [4.69, 9.17) is 4.74 Å². The first kappa shape index (κ1) is 14.4. The van der Waals surface area contributed by atoms with Crippen LogP contribution in [0.3, 0.4) is 0 Å². The highest BCUT2D eigenvalue weighted by atomic mass is 16.5. The van der Waals surface area contributed by atoms with Gasteiger partial charge in [-0.1, -0.05) is 26.0 Å². The van der Waals surface area contributed by atoms with Gasteiger partial charge in [-0.25, -0.2) is 0 Å². The smallest absolute Gasteiger partial charge is 0.123 e. The fraction of sp³-hybridized carbons (Fsp3) is 0.647. The Morgan fingerprint density at radius 3 is 2.68 bits per heavy atom. The second-order valence-corrected chi connectivity index (χ2v) is 6.74. The molecule has 1 fully saturated rings. The van der Waals surface area contributed by atoms with Crippen LogP contribution in [-0.2, 0) is 0 Å². The number of rotatable bonds is 4. The molecule has 0 saturated heterocycles. The summed E-state index contributed by atoms with van der Waals surface area (Å²) in [6.45, 7) is 9.07. The zero-order valence-electron chi connectivity index (χ0n) is 12.9. The van der Waals surface area contributed by atoms with E-state index < -0.39 is 0 Å². The highest BCUT2D eigenvalue weighted by Crippen LogP contribution is 2.38. The largest absolute Gasteiger partial charge is 0.496 e. The Balaban J connectivity index is 2.06. The summed E-state index contributed by atoms with van der Waals surface area (Å²) in [5, 5.41) is 3.76. The van der Waals surface area contributed by atoms with Gasteiger partial charge in [0, 0.05) is 17.6 Å². The lowest BCUT2D eigenvalue weighted by molar-refractivity contribution is 0.352. The van der Waals surface area contributed by atoms with Gasteiger partial charge in [-0.3, -0.25) is 0 Å². The van der Waals surface area contributed by atoms with Crippen molar-refractivity contribution in [2.24, 2.45) is 5.41 Å². The molecule has 0 radical (unpaired) electrons. The summed E-state index contributed by atoms with van der Waals surface area (Å²) in [5.41, 5.74) is 3.00. The van der Waals surface area contributed by atoms with E-state index in [9.17, 15) is 0 Å². The summed E-state index contributed by atoms with van der Waals surface area (Å²) in [5.74, 6) is 0.997. The molecule has 1 aliphatic rings. The molecule has 1 N–H and O–H groups in total. The molecule has 2 atom stereocenters. The molecule has 1 aromatic rings. The van der Waals surface area contributed by atoms with Crippen LogP contribution in [0, 0.1) is 12.3 Å². The van der Waals surface area contributed by atoms with Crippen LogP contribution in [0.25, 0.3) is 0 Å². The van der Waals surface area contributed by atoms with Gasteiger partial charge in [-0.2, -0.15) is 0 Å². The summed E-state index contributed by atoms with van der Waals surface area (Å²) >= 11 is 0. The Hall–Kier alpha value is -1.02. The summed E-state index contributed by atoms with van der Waals surface area (Å²) in [6.07, 6.45) is 3.87. The van der Waals surface area contributed by atoms with Gasteiger partial charge >= 0.3 is 0 Å². The van der Waals surface area contributed by atoms with Gasteiger partial charge in [-0.15, -0.1) is 0 Å². The predicted molar refractivity (Wildman–Crippen MR) is 80.7 cm³/mol. The normalized spacial score (nSPS) is 23.3. The highest BCUT2D eigenvalue weighted by molar-refractivity contribution is 5.39. The zero-order valence-corrected chi connectivity index (χ0v) is 12.9. The van der Waals surface area contributed by atoms with Crippen LogP contribution >= 0.6 is 0 Å².